The maximum atomic E-state index is 9.93. The van der Waals surface area contributed by atoms with Crippen molar-refractivity contribution in [1.29, 1.82) is 0 Å². The van der Waals surface area contributed by atoms with Crippen LogP contribution < -0.4 is 5.73 Å². The molecular formula is C15H19N5O3S2. The van der Waals surface area contributed by atoms with Gasteiger partial charge >= 0.3 is 0 Å². The summed E-state index contributed by atoms with van der Waals surface area (Å²) in [5.74, 6) is 1.07. The minimum absolute atomic E-state index is 0.264. The number of aliphatic hydroxyl groups is 2. The number of hydrogen-bond acceptors (Lipinski definition) is 9. The van der Waals surface area contributed by atoms with Crippen molar-refractivity contribution in [3.63, 3.8) is 0 Å². The number of imidazole rings is 1. The first-order valence-electron chi connectivity index (χ1n) is 7.92. The Morgan fingerprint density at radius 2 is 2.16 bits per heavy atom. The number of nitrogen functional groups attached to an aromatic ring is 1. The summed E-state index contributed by atoms with van der Waals surface area (Å²) < 4.78 is 7.41. The van der Waals surface area contributed by atoms with E-state index >= 15 is 0 Å². The number of nitrogens with two attached hydrogens (primary N) is 1. The van der Waals surface area contributed by atoms with Crippen molar-refractivity contribution in [1.82, 2.24) is 19.5 Å². The maximum Gasteiger partial charge on any atom is 0.167 e. The van der Waals surface area contributed by atoms with E-state index in [4.69, 9.17) is 10.5 Å². The van der Waals surface area contributed by atoms with E-state index in [1.807, 2.05) is 11.8 Å². The molecule has 8 nitrogen and oxygen atoms in total. The van der Waals surface area contributed by atoms with Crippen LogP contribution in [0.25, 0.3) is 11.2 Å². The van der Waals surface area contributed by atoms with Crippen LogP contribution in [-0.4, -0.2) is 52.1 Å². The quantitative estimate of drug-likeness (QED) is 0.539. The number of anilines is 1. The van der Waals surface area contributed by atoms with Crippen molar-refractivity contribution in [2.45, 2.75) is 42.0 Å². The van der Waals surface area contributed by atoms with Crippen molar-refractivity contribution in [3.8, 4) is 0 Å². The molecule has 3 aliphatic rings. The largest absolute Gasteiger partial charge is 0.388 e. The van der Waals surface area contributed by atoms with Crippen LogP contribution in [0.3, 0.4) is 0 Å². The zero-order chi connectivity index (χ0) is 17.8. The third-order valence-electron chi connectivity index (χ3n) is 4.65. The number of nitrogens with zero attached hydrogens (tertiary/aromatic N) is 4. The summed E-state index contributed by atoms with van der Waals surface area (Å²) in [6.07, 6.45) is 3.16. The van der Waals surface area contributed by atoms with Gasteiger partial charge in [0.15, 0.2) is 17.7 Å². The van der Waals surface area contributed by atoms with Gasteiger partial charge in [-0.3, -0.25) is 4.57 Å². The number of fused-ring (bicyclic) bond motifs is 2. The van der Waals surface area contributed by atoms with Crippen LogP contribution in [0.5, 0.6) is 0 Å². The second-order valence-corrected chi connectivity index (χ2v) is 8.73. The molecule has 1 saturated carbocycles. The molecule has 10 heteroatoms. The highest BCUT2D eigenvalue weighted by atomic mass is 32.2. The Morgan fingerprint density at radius 1 is 1.36 bits per heavy atom. The van der Waals surface area contributed by atoms with E-state index in [1.165, 1.54) is 19.1 Å². The van der Waals surface area contributed by atoms with E-state index in [-0.39, 0.29) is 5.82 Å². The molecule has 6 atom stereocenters. The Balaban J connectivity index is 0.000000185. The van der Waals surface area contributed by atoms with Gasteiger partial charge in [-0.2, -0.15) is 12.6 Å². The van der Waals surface area contributed by atoms with Crippen LogP contribution in [0.2, 0.25) is 0 Å². The monoisotopic (exact) mass is 381 g/mol. The Labute approximate surface area is 153 Å². The SMILES string of the molecule is C[C@H]1O[C@@H](n2cnc3c(N)ncnc32)[C@H](O)[C@@H]1O.SC12CC1C=CS2. The number of aliphatic hydroxyl groups excluding tert-OH is 2. The fraction of sp³-hybridized carbons (Fsp3) is 0.533. The molecular weight excluding hydrogens is 362 g/mol. The second-order valence-electron chi connectivity index (χ2n) is 6.40. The molecule has 0 spiro atoms. The molecule has 1 aliphatic carbocycles. The molecule has 2 aromatic heterocycles. The second kappa shape index (κ2) is 6.13. The van der Waals surface area contributed by atoms with Crippen LogP contribution in [-0.2, 0) is 4.74 Å². The molecule has 1 saturated heterocycles. The van der Waals surface area contributed by atoms with Gasteiger partial charge in [0.25, 0.3) is 0 Å². The molecule has 0 bridgehead atoms. The highest BCUT2D eigenvalue weighted by Crippen LogP contribution is 2.62. The van der Waals surface area contributed by atoms with Crippen molar-refractivity contribution in [2.24, 2.45) is 5.92 Å². The average molecular weight is 381 g/mol. The fourth-order valence-electron chi connectivity index (χ4n) is 2.98. The summed E-state index contributed by atoms with van der Waals surface area (Å²) in [5.41, 5.74) is 6.59. The zero-order valence-electron chi connectivity index (χ0n) is 13.4. The summed E-state index contributed by atoms with van der Waals surface area (Å²) in [5, 5.41) is 21.8. The van der Waals surface area contributed by atoms with Crippen molar-refractivity contribution >= 4 is 41.4 Å². The van der Waals surface area contributed by atoms with Gasteiger partial charge in [-0.05, 0) is 18.8 Å². The topological polar surface area (TPSA) is 119 Å². The Morgan fingerprint density at radius 3 is 2.68 bits per heavy atom. The molecule has 5 rings (SSSR count). The molecule has 134 valence electrons. The minimum Gasteiger partial charge on any atom is -0.388 e. The van der Waals surface area contributed by atoms with E-state index in [2.05, 4.69) is 39.1 Å². The lowest BCUT2D eigenvalue weighted by Gasteiger charge is -2.16. The predicted octanol–water partition coefficient (Wildman–Crippen LogP) is 0.941. The normalized spacial score (nSPS) is 38.5. The number of ether oxygens (including phenoxy) is 1. The van der Waals surface area contributed by atoms with E-state index in [9.17, 15) is 10.2 Å². The van der Waals surface area contributed by atoms with Gasteiger partial charge in [-0.1, -0.05) is 6.08 Å². The highest BCUT2D eigenvalue weighted by molar-refractivity contribution is 8.14. The molecule has 0 radical (unpaired) electrons. The fourth-order valence-corrected chi connectivity index (χ4v) is 4.47. The van der Waals surface area contributed by atoms with Gasteiger partial charge in [-0.25, -0.2) is 15.0 Å². The zero-order valence-corrected chi connectivity index (χ0v) is 15.1. The summed E-state index contributed by atoms with van der Waals surface area (Å²) in [6, 6.07) is 0. The maximum absolute atomic E-state index is 9.93. The Hall–Kier alpha value is -1.33. The van der Waals surface area contributed by atoms with E-state index < -0.39 is 24.5 Å². The standard InChI is InChI=1S/C10H13N5O3.C5H6S2/c1-4-6(16)7(17)10(18-4)15-3-14-5-8(11)12-2-13-9(5)15;6-5-3-4(5)1-2-7-5/h2-4,6-7,10,16-17H,1H3,(H2,11,12,13);1-2,4,6H,3H2/t4-,6-,7-,10-;/m1./s1. The van der Waals surface area contributed by atoms with Crippen LogP contribution in [0.1, 0.15) is 19.6 Å². The van der Waals surface area contributed by atoms with Crippen molar-refractivity contribution < 1.29 is 14.9 Å². The molecule has 4 heterocycles. The van der Waals surface area contributed by atoms with Crippen LogP contribution in [0.15, 0.2) is 24.1 Å². The minimum atomic E-state index is -1.03. The molecule has 2 fully saturated rings. The number of thioether (sulfide) groups is 1. The van der Waals surface area contributed by atoms with E-state index in [1.54, 1.807) is 11.5 Å². The summed E-state index contributed by atoms with van der Waals surface area (Å²) in [6.45, 7) is 1.69. The van der Waals surface area contributed by atoms with Crippen LogP contribution in [0, 0.1) is 5.92 Å². The van der Waals surface area contributed by atoms with Gasteiger partial charge in [0, 0.05) is 5.92 Å². The summed E-state index contributed by atoms with van der Waals surface area (Å²) in [7, 11) is 0. The summed E-state index contributed by atoms with van der Waals surface area (Å²) >= 11 is 6.28. The van der Waals surface area contributed by atoms with Gasteiger partial charge < -0.3 is 20.7 Å². The highest BCUT2D eigenvalue weighted by Gasteiger charge is 2.52. The lowest BCUT2D eigenvalue weighted by molar-refractivity contribution is -0.0299. The Bertz CT molecular complexity index is 831. The van der Waals surface area contributed by atoms with Gasteiger partial charge in [-0.15, -0.1) is 11.8 Å². The molecule has 0 amide bonds. The lowest BCUT2D eigenvalue weighted by Crippen LogP contribution is -2.30. The number of thiol groups is 1. The van der Waals surface area contributed by atoms with Crippen molar-refractivity contribution in [2.75, 3.05) is 5.73 Å². The first-order valence-corrected chi connectivity index (χ1v) is 9.25. The van der Waals surface area contributed by atoms with Crippen molar-refractivity contribution in [3.05, 3.63) is 24.1 Å². The lowest BCUT2D eigenvalue weighted by atomic mass is 10.1. The first kappa shape index (κ1) is 17.1. The molecule has 2 aliphatic heterocycles. The molecule has 2 aromatic rings. The van der Waals surface area contributed by atoms with Gasteiger partial charge in [0.1, 0.15) is 24.1 Å². The third kappa shape index (κ3) is 2.91. The molecule has 2 unspecified atom stereocenters. The number of rotatable bonds is 1. The predicted molar refractivity (Wildman–Crippen MR) is 97.9 cm³/mol. The molecule has 0 aromatic carbocycles. The molecule has 25 heavy (non-hydrogen) atoms. The van der Waals surface area contributed by atoms with Crippen LogP contribution >= 0.6 is 24.4 Å². The smallest absolute Gasteiger partial charge is 0.167 e. The average Bonchev–Trinajstić information content (AvgIpc) is 2.92. The number of allylic oxidation sites excluding steroid dienone is 1. The number of hydrogen-bond donors (Lipinski definition) is 4. The van der Waals surface area contributed by atoms with Gasteiger partial charge in [0.2, 0.25) is 0 Å². The van der Waals surface area contributed by atoms with Gasteiger partial charge in [0.05, 0.1) is 16.5 Å². The summed E-state index contributed by atoms with van der Waals surface area (Å²) in [4.78, 5) is 12.0. The Kier molecular flexibility index (Phi) is 4.19. The van der Waals surface area contributed by atoms with Crippen LogP contribution in [0.4, 0.5) is 5.82 Å². The number of aromatic nitrogens is 4. The van der Waals surface area contributed by atoms with E-state index in [0.29, 0.717) is 15.2 Å². The third-order valence-corrected chi connectivity index (χ3v) is 6.65. The van der Waals surface area contributed by atoms with E-state index in [0.717, 1.165) is 5.92 Å². The molecule has 4 N–H and O–H groups in total. The first-order chi connectivity index (χ1) is 11.9.